The normalized spacial score (nSPS) is 26.9. The van der Waals surface area contributed by atoms with Gasteiger partial charge in [0, 0.05) is 12.3 Å². The molecule has 100 valence electrons. The summed E-state index contributed by atoms with van der Waals surface area (Å²) < 4.78 is 6.11. The van der Waals surface area contributed by atoms with E-state index in [1.807, 2.05) is 12.1 Å². The van der Waals surface area contributed by atoms with Gasteiger partial charge in [0.2, 0.25) is 0 Å². The van der Waals surface area contributed by atoms with Crippen molar-refractivity contribution in [3.05, 3.63) is 24.0 Å². The molecule has 0 radical (unpaired) electrons. The Bertz CT molecular complexity index is 405. The molecule has 0 amide bonds. The summed E-state index contributed by atoms with van der Waals surface area (Å²) in [5.41, 5.74) is 1.25. The molecule has 0 saturated heterocycles. The van der Waals surface area contributed by atoms with Crippen molar-refractivity contribution in [1.82, 2.24) is 4.98 Å². The minimum absolute atomic E-state index is 0.314. The predicted octanol–water partition coefficient (Wildman–Crippen LogP) is 4.41. The van der Waals surface area contributed by atoms with Gasteiger partial charge in [-0.25, -0.2) is 0 Å². The van der Waals surface area contributed by atoms with Gasteiger partial charge in [-0.3, -0.25) is 4.98 Å². The standard InChI is InChI=1S/C15H22ClNO/c1-11-6-14(9-15(2,3)8-11)18-13-4-5-17-12(7-13)10-16/h4-5,7,11,14H,6,8-10H2,1-3H3. The van der Waals surface area contributed by atoms with E-state index in [2.05, 4.69) is 25.8 Å². The molecular formula is C15H22ClNO. The number of aromatic nitrogens is 1. The summed E-state index contributed by atoms with van der Waals surface area (Å²) in [6.07, 6.45) is 5.63. The lowest BCUT2D eigenvalue weighted by atomic mass is 9.71. The van der Waals surface area contributed by atoms with Gasteiger partial charge in [0.05, 0.1) is 17.7 Å². The van der Waals surface area contributed by atoms with E-state index in [9.17, 15) is 0 Å². The van der Waals surface area contributed by atoms with Crippen molar-refractivity contribution in [3.8, 4) is 5.75 Å². The zero-order valence-electron chi connectivity index (χ0n) is 11.4. The number of alkyl halides is 1. The van der Waals surface area contributed by atoms with Crippen LogP contribution in [0.15, 0.2) is 18.3 Å². The molecule has 0 N–H and O–H groups in total. The lowest BCUT2D eigenvalue weighted by Crippen LogP contribution is -2.34. The van der Waals surface area contributed by atoms with Crippen LogP contribution in [0.4, 0.5) is 0 Å². The molecule has 1 heterocycles. The molecule has 1 aliphatic carbocycles. The van der Waals surface area contributed by atoms with Crippen molar-refractivity contribution >= 4 is 11.6 Å². The molecule has 3 heteroatoms. The van der Waals surface area contributed by atoms with Gasteiger partial charge in [0.15, 0.2) is 0 Å². The summed E-state index contributed by atoms with van der Waals surface area (Å²) >= 11 is 5.79. The highest BCUT2D eigenvalue weighted by atomic mass is 35.5. The van der Waals surface area contributed by atoms with Crippen LogP contribution in [0.5, 0.6) is 5.75 Å². The average molecular weight is 268 g/mol. The van der Waals surface area contributed by atoms with Gasteiger partial charge in [-0.2, -0.15) is 0 Å². The van der Waals surface area contributed by atoms with E-state index in [0.29, 0.717) is 17.4 Å². The fourth-order valence-corrected chi connectivity index (χ4v) is 3.29. The molecule has 0 bridgehead atoms. The lowest BCUT2D eigenvalue weighted by molar-refractivity contribution is 0.0562. The number of hydrogen-bond acceptors (Lipinski definition) is 2. The van der Waals surface area contributed by atoms with Crippen molar-refractivity contribution in [3.63, 3.8) is 0 Å². The highest BCUT2D eigenvalue weighted by molar-refractivity contribution is 6.16. The molecule has 0 aromatic carbocycles. The lowest BCUT2D eigenvalue weighted by Gasteiger charge is -2.38. The molecule has 1 aromatic heterocycles. The van der Waals surface area contributed by atoms with Crippen LogP contribution in [0.2, 0.25) is 0 Å². The van der Waals surface area contributed by atoms with Crippen molar-refractivity contribution in [2.45, 2.75) is 52.0 Å². The highest BCUT2D eigenvalue weighted by Gasteiger charge is 2.33. The van der Waals surface area contributed by atoms with E-state index in [1.165, 1.54) is 6.42 Å². The van der Waals surface area contributed by atoms with Gasteiger partial charge in [0.1, 0.15) is 5.75 Å². The summed E-state index contributed by atoms with van der Waals surface area (Å²) in [7, 11) is 0. The number of nitrogens with zero attached hydrogens (tertiary/aromatic N) is 1. The molecule has 1 aromatic rings. The summed E-state index contributed by atoms with van der Waals surface area (Å²) in [6.45, 7) is 6.97. The zero-order chi connectivity index (χ0) is 13.2. The Hall–Kier alpha value is -0.760. The Morgan fingerprint density at radius 2 is 2.22 bits per heavy atom. The molecule has 0 aliphatic heterocycles. The SMILES string of the molecule is CC1CC(Oc2ccnc(CCl)c2)CC(C)(C)C1. The van der Waals surface area contributed by atoms with Gasteiger partial charge >= 0.3 is 0 Å². The smallest absolute Gasteiger partial charge is 0.123 e. The molecule has 18 heavy (non-hydrogen) atoms. The van der Waals surface area contributed by atoms with E-state index < -0.39 is 0 Å². The van der Waals surface area contributed by atoms with Crippen LogP contribution < -0.4 is 4.74 Å². The summed E-state index contributed by atoms with van der Waals surface area (Å²) in [6, 6.07) is 3.86. The van der Waals surface area contributed by atoms with Gasteiger partial charge < -0.3 is 4.74 Å². The van der Waals surface area contributed by atoms with Gasteiger partial charge in [-0.15, -0.1) is 11.6 Å². The van der Waals surface area contributed by atoms with E-state index >= 15 is 0 Å². The zero-order valence-corrected chi connectivity index (χ0v) is 12.2. The quantitative estimate of drug-likeness (QED) is 0.757. The van der Waals surface area contributed by atoms with Crippen molar-refractivity contribution < 1.29 is 4.74 Å². The van der Waals surface area contributed by atoms with Crippen LogP contribution >= 0.6 is 11.6 Å². The van der Waals surface area contributed by atoms with Crippen LogP contribution in [-0.4, -0.2) is 11.1 Å². The third-order valence-corrected chi connectivity index (χ3v) is 3.85. The fraction of sp³-hybridized carbons (Fsp3) is 0.667. The number of halogens is 1. The Balaban J connectivity index is 2.04. The number of rotatable bonds is 3. The second-order valence-corrected chi connectivity index (χ2v) is 6.54. The predicted molar refractivity (Wildman–Crippen MR) is 75.0 cm³/mol. The van der Waals surface area contributed by atoms with Crippen LogP contribution in [0, 0.1) is 11.3 Å². The van der Waals surface area contributed by atoms with Crippen LogP contribution in [-0.2, 0) is 5.88 Å². The topological polar surface area (TPSA) is 22.1 Å². The second kappa shape index (κ2) is 5.48. The average Bonchev–Trinajstić information content (AvgIpc) is 2.26. The minimum atomic E-state index is 0.314. The molecule has 1 saturated carbocycles. The van der Waals surface area contributed by atoms with Crippen LogP contribution in [0.1, 0.15) is 45.7 Å². The Labute approximate surface area is 115 Å². The molecule has 0 spiro atoms. The maximum atomic E-state index is 6.11. The first kappa shape index (κ1) is 13.7. The number of ether oxygens (including phenoxy) is 1. The van der Waals surface area contributed by atoms with Gasteiger partial charge in [-0.1, -0.05) is 20.8 Å². The summed E-state index contributed by atoms with van der Waals surface area (Å²) in [4.78, 5) is 4.18. The molecule has 2 unspecified atom stereocenters. The molecule has 1 aliphatic rings. The number of hydrogen-bond donors (Lipinski definition) is 0. The second-order valence-electron chi connectivity index (χ2n) is 6.27. The van der Waals surface area contributed by atoms with Crippen molar-refractivity contribution in [1.29, 1.82) is 0 Å². The largest absolute Gasteiger partial charge is 0.490 e. The van der Waals surface area contributed by atoms with Crippen molar-refractivity contribution in [2.75, 3.05) is 0 Å². The third-order valence-electron chi connectivity index (χ3n) is 3.57. The van der Waals surface area contributed by atoms with Crippen LogP contribution in [0.3, 0.4) is 0 Å². The van der Waals surface area contributed by atoms with Crippen LogP contribution in [0.25, 0.3) is 0 Å². The number of pyridine rings is 1. The van der Waals surface area contributed by atoms with E-state index in [4.69, 9.17) is 16.3 Å². The maximum absolute atomic E-state index is 6.11. The van der Waals surface area contributed by atoms with Crippen molar-refractivity contribution in [2.24, 2.45) is 11.3 Å². The first-order chi connectivity index (χ1) is 8.48. The van der Waals surface area contributed by atoms with E-state index in [0.717, 1.165) is 30.2 Å². The molecule has 2 rings (SSSR count). The first-order valence-corrected chi connectivity index (χ1v) is 7.19. The fourth-order valence-electron chi connectivity index (χ4n) is 3.14. The molecule has 2 atom stereocenters. The van der Waals surface area contributed by atoms with Gasteiger partial charge in [0.25, 0.3) is 0 Å². The first-order valence-electron chi connectivity index (χ1n) is 6.66. The monoisotopic (exact) mass is 267 g/mol. The maximum Gasteiger partial charge on any atom is 0.123 e. The molecular weight excluding hydrogens is 246 g/mol. The minimum Gasteiger partial charge on any atom is -0.490 e. The Kier molecular flexibility index (Phi) is 4.16. The van der Waals surface area contributed by atoms with E-state index in [-0.39, 0.29) is 0 Å². The third kappa shape index (κ3) is 3.61. The summed E-state index contributed by atoms with van der Waals surface area (Å²) in [5.74, 6) is 2.06. The van der Waals surface area contributed by atoms with E-state index in [1.54, 1.807) is 6.20 Å². The highest BCUT2D eigenvalue weighted by Crippen LogP contribution is 2.39. The van der Waals surface area contributed by atoms with Gasteiger partial charge in [-0.05, 0) is 36.7 Å². The molecule has 1 fully saturated rings. The Morgan fingerprint density at radius 1 is 1.44 bits per heavy atom. The summed E-state index contributed by atoms with van der Waals surface area (Å²) in [5, 5.41) is 0. The Morgan fingerprint density at radius 3 is 2.89 bits per heavy atom. The molecule has 2 nitrogen and oxygen atoms in total.